The van der Waals surface area contributed by atoms with Crippen molar-refractivity contribution in [3.63, 3.8) is 0 Å². The SMILES string of the molecule is CCCC(C)N(C)Cc1ccc(CNCC(C)C)o1. The lowest BCUT2D eigenvalue weighted by atomic mass is 10.2. The molecule has 0 bridgehead atoms. The van der Waals surface area contributed by atoms with Gasteiger partial charge in [0.2, 0.25) is 0 Å². The summed E-state index contributed by atoms with van der Waals surface area (Å²) < 4.78 is 5.86. The zero-order valence-electron chi connectivity index (χ0n) is 13.2. The standard InChI is InChI=1S/C16H30N2O/c1-6-7-14(4)18(5)12-16-9-8-15(19-16)11-17-10-13(2)3/h8-9,13-14,17H,6-7,10-12H2,1-5H3. The van der Waals surface area contributed by atoms with Crippen LogP contribution in [0.3, 0.4) is 0 Å². The Morgan fingerprint density at radius 2 is 1.89 bits per heavy atom. The Morgan fingerprint density at radius 1 is 1.21 bits per heavy atom. The van der Waals surface area contributed by atoms with Gasteiger partial charge in [0, 0.05) is 6.04 Å². The predicted octanol–water partition coefficient (Wildman–Crippen LogP) is 3.65. The van der Waals surface area contributed by atoms with Gasteiger partial charge in [-0.15, -0.1) is 0 Å². The highest BCUT2D eigenvalue weighted by Crippen LogP contribution is 2.13. The second-order valence-corrected chi connectivity index (χ2v) is 5.95. The monoisotopic (exact) mass is 266 g/mol. The van der Waals surface area contributed by atoms with Gasteiger partial charge >= 0.3 is 0 Å². The largest absolute Gasteiger partial charge is 0.463 e. The van der Waals surface area contributed by atoms with Gasteiger partial charge in [0.15, 0.2) is 0 Å². The molecule has 0 aliphatic rings. The van der Waals surface area contributed by atoms with E-state index >= 15 is 0 Å². The first-order valence-corrected chi connectivity index (χ1v) is 7.51. The molecule has 0 saturated carbocycles. The van der Waals surface area contributed by atoms with Crippen LogP contribution in [-0.2, 0) is 13.1 Å². The van der Waals surface area contributed by atoms with Crippen molar-refractivity contribution in [2.75, 3.05) is 13.6 Å². The molecule has 3 heteroatoms. The van der Waals surface area contributed by atoms with Crippen molar-refractivity contribution in [1.82, 2.24) is 10.2 Å². The van der Waals surface area contributed by atoms with Crippen LogP contribution < -0.4 is 5.32 Å². The van der Waals surface area contributed by atoms with E-state index in [0.717, 1.165) is 31.2 Å². The van der Waals surface area contributed by atoms with Crippen LogP contribution in [0.1, 0.15) is 52.1 Å². The molecule has 0 radical (unpaired) electrons. The zero-order valence-corrected chi connectivity index (χ0v) is 13.2. The molecule has 0 aliphatic carbocycles. The van der Waals surface area contributed by atoms with E-state index in [1.165, 1.54) is 12.8 Å². The number of nitrogens with zero attached hydrogens (tertiary/aromatic N) is 1. The summed E-state index contributed by atoms with van der Waals surface area (Å²) in [6.07, 6.45) is 2.47. The van der Waals surface area contributed by atoms with Gasteiger partial charge in [-0.1, -0.05) is 27.2 Å². The van der Waals surface area contributed by atoms with Crippen LogP contribution in [0, 0.1) is 5.92 Å². The first-order chi connectivity index (χ1) is 9.02. The van der Waals surface area contributed by atoms with E-state index < -0.39 is 0 Å². The van der Waals surface area contributed by atoms with Crippen molar-refractivity contribution in [3.05, 3.63) is 23.7 Å². The summed E-state index contributed by atoms with van der Waals surface area (Å²) in [4.78, 5) is 2.35. The number of nitrogens with one attached hydrogen (secondary N) is 1. The van der Waals surface area contributed by atoms with Crippen LogP contribution in [0.2, 0.25) is 0 Å². The third-order valence-electron chi connectivity index (χ3n) is 3.43. The molecule has 19 heavy (non-hydrogen) atoms. The third kappa shape index (κ3) is 6.26. The molecule has 3 nitrogen and oxygen atoms in total. The maximum Gasteiger partial charge on any atom is 0.118 e. The van der Waals surface area contributed by atoms with E-state index in [4.69, 9.17) is 4.42 Å². The van der Waals surface area contributed by atoms with Gasteiger partial charge < -0.3 is 9.73 Å². The van der Waals surface area contributed by atoms with Gasteiger partial charge in [-0.25, -0.2) is 0 Å². The Hall–Kier alpha value is -0.800. The van der Waals surface area contributed by atoms with E-state index in [0.29, 0.717) is 12.0 Å². The lowest BCUT2D eigenvalue weighted by Crippen LogP contribution is -2.28. The average molecular weight is 266 g/mol. The molecule has 0 spiro atoms. The highest BCUT2D eigenvalue weighted by Gasteiger charge is 2.11. The molecule has 110 valence electrons. The van der Waals surface area contributed by atoms with Gasteiger partial charge in [-0.2, -0.15) is 0 Å². The van der Waals surface area contributed by atoms with Crippen molar-refractivity contribution in [1.29, 1.82) is 0 Å². The topological polar surface area (TPSA) is 28.4 Å². The second-order valence-electron chi connectivity index (χ2n) is 5.95. The summed E-state index contributed by atoms with van der Waals surface area (Å²) in [6, 6.07) is 4.79. The lowest BCUT2D eigenvalue weighted by molar-refractivity contribution is 0.217. The molecule has 1 N–H and O–H groups in total. The number of hydrogen-bond donors (Lipinski definition) is 1. The summed E-state index contributed by atoms with van der Waals surface area (Å²) in [6.45, 7) is 11.7. The number of furan rings is 1. The highest BCUT2D eigenvalue weighted by molar-refractivity contribution is 5.07. The Bertz CT molecular complexity index is 346. The van der Waals surface area contributed by atoms with Crippen molar-refractivity contribution in [2.45, 2.75) is 59.7 Å². The summed E-state index contributed by atoms with van der Waals surface area (Å²) in [5.41, 5.74) is 0. The van der Waals surface area contributed by atoms with E-state index in [1.54, 1.807) is 0 Å². The zero-order chi connectivity index (χ0) is 14.3. The highest BCUT2D eigenvalue weighted by atomic mass is 16.3. The van der Waals surface area contributed by atoms with Crippen LogP contribution in [0.15, 0.2) is 16.5 Å². The Kier molecular flexibility index (Phi) is 7.17. The average Bonchev–Trinajstić information content (AvgIpc) is 2.76. The Morgan fingerprint density at radius 3 is 2.53 bits per heavy atom. The molecule has 1 heterocycles. The molecular formula is C16H30N2O. The maximum absolute atomic E-state index is 5.86. The smallest absolute Gasteiger partial charge is 0.118 e. The van der Waals surface area contributed by atoms with Crippen molar-refractivity contribution in [2.24, 2.45) is 5.92 Å². The molecule has 0 fully saturated rings. The fraction of sp³-hybridized carbons (Fsp3) is 0.750. The van der Waals surface area contributed by atoms with Crippen LogP contribution in [-0.4, -0.2) is 24.5 Å². The van der Waals surface area contributed by atoms with Crippen LogP contribution in [0.4, 0.5) is 0 Å². The van der Waals surface area contributed by atoms with Crippen molar-refractivity contribution in [3.8, 4) is 0 Å². The van der Waals surface area contributed by atoms with Crippen molar-refractivity contribution < 1.29 is 4.42 Å². The fourth-order valence-corrected chi connectivity index (χ4v) is 2.13. The summed E-state index contributed by atoms with van der Waals surface area (Å²) in [7, 11) is 2.17. The second kappa shape index (κ2) is 8.39. The maximum atomic E-state index is 5.86. The third-order valence-corrected chi connectivity index (χ3v) is 3.43. The van der Waals surface area contributed by atoms with Gasteiger partial charge in [0.1, 0.15) is 11.5 Å². The predicted molar refractivity (Wildman–Crippen MR) is 81.1 cm³/mol. The minimum atomic E-state index is 0.609. The number of rotatable bonds is 9. The van der Waals surface area contributed by atoms with Crippen LogP contribution >= 0.6 is 0 Å². The Balaban J connectivity index is 2.37. The molecule has 1 aromatic heterocycles. The van der Waals surface area contributed by atoms with E-state index in [9.17, 15) is 0 Å². The Labute approximate surface area is 118 Å². The minimum absolute atomic E-state index is 0.609. The molecule has 0 amide bonds. The van der Waals surface area contributed by atoms with Crippen molar-refractivity contribution >= 4 is 0 Å². The molecule has 1 rings (SSSR count). The fourth-order valence-electron chi connectivity index (χ4n) is 2.13. The van der Waals surface area contributed by atoms with E-state index in [2.05, 4.69) is 57.1 Å². The molecule has 1 aromatic rings. The van der Waals surface area contributed by atoms with Gasteiger partial charge in [-0.3, -0.25) is 4.90 Å². The molecule has 0 saturated heterocycles. The lowest BCUT2D eigenvalue weighted by Gasteiger charge is -2.23. The molecule has 0 aliphatic heterocycles. The molecule has 1 atom stereocenters. The van der Waals surface area contributed by atoms with Crippen LogP contribution in [0.5, 0.6) is 0 Å². The number of hydrogen-bond acceptors (Lipinski definition) is 3. The molecular weight excluding hydrogens is 236 g/mol. The van der Waals surface area contributed by atoms with Gasteiger partial charge in [0.25, 0.3) is 0 Å². The first-order valence-electron chi connectivity index (χ1n) is 7.51. The summed E-state index contributed by atoms with van der Waals surface area (Å²) in [5.74, 6) is 2.77. The summed E-state index contributed by atoms with van der Waals surface area (Å²) in [5, 5.41) is 3.40. The first kappa shape index (κ1) is 16.3. The van der Waals surface area contributed by atoms with Crippen LogP contribution in [0.25, 0.3) is 0 Å². The van der Waals surface area contributed by atoms with Gasteiger partial charge in [0.05, 0.1) is 13.1 Å². The molecule has 1 unspecified atom stereocenters. The molecule has 0 aromatic carbocycles. The quantitative estimate of drug-likeness (QED) is 0.739. The summed E-state index contributed by atoms with van der Waals surface area (Å²) >= 11 is 0. The normalized spacial score (nSPS) is 13.4. The van der Waals surface area contributed by atoms with Gasteiger partial charge in [-0.05, 0) is 45.0 Å². The minimum Gasteiger partial charge on any atom is -0.463 e. The van der Waals surface area contributed by atoms with E-state index in [1.807, 2.05) is 0 Å². The van der Waals surface area contributed by atoms with E-state index in [-0.39, 0.29) is 0 Å².